The molecule has 1 N–H and O–H groups in total. The Balaban J connectivity index is 1.79. The van der Waals surface area contributed by atoms with E-state index >= 15 is 0 Å². The lowest BCUT2D eigenvalue weighted by Crippen LogP contribution is -2.21. The topological polar surface area (TPSA) is 24.5 Å². The Morgan fingerprint density at radius 1 is 1.00 bits per heavy atom. The van der Waals surface area contributed by atoms with Gasteiger partial charge in [0.25, 0.3) is 0 Å². The number of anilines is 2. The molecule has 22 heavy (non-hydrogen) atoms. The molecular weight excluding hydrogens is 296 g/mol. The van der Waals surface area contributed by atoms with E-state index in [4.69, 9.17) is 16.3 Å². The molecule has 0 bridgehead atoms. The summed E-state index contributed by atoms with van der Waals surface area (Å²) < 4.78 is 5.65. The van der Waals surface area contributed by atoms with E-state index in [0.717, 1.165) is 31.1 Å². The Morgan fingerprint density at radius 2 is 1.68 bits per heavy atom. The minimum absolute atomic E-state index is 0.571. The Labute approximate surface area is 137 Å². The molecule has 0 atom stereocenters. The number of ether oxygens (including phenoxy) is 1. The van der Waals surface area contributed by atoms with Crippen LogP contribution in [0.1, 0.15) is 13.8 Å². The fraction of sp³-hybridized carbons (Fsp3) is 0.333. The molecule has 4 heteroatoms. The molecule has 118 valence electrons. The van der Waals surface area contributed by atoms with Crippen LogP contribution in [0.25, 0.3) is 0 Å². The summed E-state index contributed by atoms with van der Waals surface area (Å²) in [5.41, 5.74) is 2.35. The zero-order valence-electron chi connectivity index (χ0n) is 13.2. The number of nitrogens with zero attached hydrogens (tertiary/aromatic N) is 1. The largest absolute Gasteiger partial charge is 0.490 e. The van der Waals surface area contributed by atoms with Gasteiger partial charge in [-0.05, 0) is 50.2 Å². The first kappa shape index (κ1) is 16.5. The lowest BCUT2D eigenvalue weighted by Gasteiger charge is -2.21. The van der Waals surface area contributed by atoms with Gasteiger partial charge in [-0.1, -0.05) is 23.7 Å². The molecule has 0 unspecified atom stereocenters. The summed E-state index contributed by atoms with van der Waals surface area (Å²) in [6.45, 7) is 7.69. The van der Waals surface area contributed by atoms with E-state index in [2.05, 4.69) is 48.3 Å². The van der Waals surface area contributed by atoms with Gasteiger partial charge < -0.3 is 15.0 Å². The Kier molecular flexibility index (Phi) is 6.41. The van der Waals surface area contributed by atoms with Gasteiger partial charge >= 0.3 is 0 Å². The van der Waals surface area contributed by atoms with Crippen LogP contribution < -0.4 is 15.0 Å². The normalized spacial score (nSPS) is 10.3. The minimum atomic E-state index is 0.571. The van der Waals surface area contributed by atoms with E-state index in [1.165, 1.54) is 5.69 Å². The van der Waals surface area contributed by atoms with Crippen LogP contribution in [0.3, 0.4) is 0 Å². The van der Waals surface area contributed by atoms with Crippen LogP contribution in [0, 0.1) is 0 Å². The smallest absolute Gasteiger partial charge is 0.137 e. The van der Waals surface area contributed by atoms with Gasteiger partial charge in [-0.15, -0.1) is 0 Å². The molecule has 0 amide bonds. The highest BCUT2D eigenvalue weighted by molar-refractivity contribution is 6.32. The molecule has 2 aromatic carbocycles. The molecule has 2 aromatic rings. The molecule has 0 aliphatic heterocycles. The van der Waals surface area contributed by atoms with Crippen LogP contribution >= 0.6 is 11.6 Å². The second-order valence-electron chi connectivity index (χ2n) is 4.92. The SMILES string of the molecule is CCN(CC)c1ccc(NCCOc2ccccc2Cl)cc1. The highest BCUT2D eigenvalue weighted by Gasteiger charge is 2.02. The number of benzene rings is 2. The van der Waals surface area contributed by atoms with Crippen molar-refractivity contribution >= 4 is 23.0 Å². The van der Waals surface area contributed by atoms with Gasteiger partial charge in [0.15, 0.2) is 0 Å². The quantitative estimate of drug-likeness (QED) is 0.715. The summed E-state index contributed by atoms with van der Waals surface area (Å²) in [4.78, 5) is 2.32. The predicted molar refractivity (Wildman–Crippen MR) is 95.4 cm³/mol. The number of hydrogen-bond acceptors (Lipinski definition) is 3. The van der Waals surface area contributed by atoms with E-state index < -0.39 is 0 Å². The zero-order chi connectivity index (χ0) is 15.8. The number of nitrogens with one attached hydrogen (secondary N) is 1. The van der Waals surface area contributed by atoms with Gasteiger partial charge in [0.1, 0.15) is 12.4 Å². The zero-order valence-corrected chi connectivity index (χ0v) is 13.9. The Morgan fingerprint density at radius 3 is 2.32 bits per heavy atom. The van der Waals surface area contributed by atoms with Crippen LogP contribution in [-0.2, 0) is 0 Å². The minimum Gasteiger partial charge on any atom is -0.490 e. The second kappa shape index (κ2) is 8.54. The third-order valence-electron chi connectivity index (χ3n) is 3.52. The molecule has 0 aliphatic rings. The number of para-hydroxylation sites is 1. The first-order chi connectivity index (χ1) is 10.7. The average molecular weight is 319 g/mol. The average Bonchev–Trinajstić information content (AvgIpc) is 2.55. The standard InChI is InChI=1S/C18H23ClN2O/c1-3-21(4-2)16-11-9-15(10-12-16)20-13-14-22-18-8-6-5-7-17(18)19/h5-12,20H,3-4,13-14H2,1-2H3. The van der Waals surface area contributed by atoms with Gasteiger partial charge in [-0.3, -0.25) is 0 Å². The van der Waals surface area contributed by atoms with E-state index in [0.29, 0.717) is 11.6 Å². The summed E-state index contributed by atoms with van der Waals surface area (Å²) in [7, 11) is 0. The molecule has 0 aliphatic carbocycles. The summed E-state index contributed by atoms with van der Waals surface area (Å²) >= 11 is 6.04. The summed E-state index contributed by atoms with van der Waals surface area (Å²) in [5.74, 6) is 0.725. The van der Waals surface area contributed by atoms with Gasteiger partial charge in [0, 0.05) is 31.0 Å². The van der Waals surface area contributed by atoms with E-state index in [9.17, 15) is 0 Å². The van der Waals surface area contributed by atoms with Crippen molar-refractivity contribution in [2.45, 2.75) is 13.8 Å². The lowest BCUT2D eigenvalue weighted by molar-refractivity contribution is 0.333. The van der Waals surface area contributed by atoms with E-state index in [-0.39, 0.29) is 0 Å². The molecule has 0 radical (unpaired) electrons. The van der Waals surface area contributed by atoms with Crippen molar-refractivity contribution in [3.63, 3.8) is 0 Å². The molecule has 0 saturated carbocycles. The van der Waals surface area contributed by atoms with Crippen molar-refractivity contribution in [3.05, 3.63) is 53.6 Å². The highest BCUT2D eigenvalue weighted by atomic mass is 35.5. The number of hydrogen-bond donors (Lipinski definition) is 1. The molecule has 2 rings (SSSR count). The van der Waals surface area contributed by atoms with E-state index in [1.807, 2.05) is 24.3 Å². The highest BCUT2D eigenvalue weighted by Crippen LogP contribution is 2.23. The van der Waals surface area contributed by atoms with Crippen LogP contribution in [0.2, 0.25) is 5.02 Å². The van der Waals surface area contributed by atoms with Gasteiger partial charge in [0.2, 0.25) is 0 Å². The fourth-order valence-corrected chi connectivity index (χ4v) is 2.49. The van der Waals surface area contributed by atoms with Crippen LogP contribution in [0.5, 0.6) is 5.75 Å². The van der Waals surface area contributed by atoms with Crippen molar-refractivity contribution in [2.24, 2.45) is 0 Å². The summed E-state index contributed by atoms with van der Waals surface area (Å²) in [6.07, 6.45) is 0. The maximum atomic E-state index is 6.04. The summed E-state index contributed by atoms with van der Waals surface area (Å²) in [5, 5.41) is 3.99. The number of halogens is 1. The monoisotopic (exact) mass is 318 g/mol. The Bertz CT molecular complexity index is 568. The van der Waals surface area contributed by atoms with Gasteiger partial charge in [-0.25, -0.2) is 0 Å². The van der Waals surface area contributed by atoms with Crippen molar-refractivity contribution < 1.29 is 4.74 Å². The van der Waals surface area contributed by atoms with Crippen LogP contribution in [-0.4, -0.2) is 26.2 Å². The lowest BCUT2D eigenvalue weighted by atomic mass is 10.2. The summed E-state index contributed by atoms with van der Waals surface area (Å²) in [6, 6.07) is 16.0. The van der Waals surface area contributed by atoms with Crippen LogP contribution in [0.15, 0.2) is 48.5 Å². The molecule has 0 spiro atoms. The molecule has 0 saturated heterocycles. The molecule has 3 nitrogen and oxygen atoms in total. The first-order valence-corrected chi connectivity index (χ1v) is 8.08. The third kappa shape index (κ3) is 4.57. The van der Waals surface area contributed by atoms with Crippen molar-refractivity contribution in [1.82, 2.24) is 0 Å². The van der Waals surface area contributed by atoms with Crippen molar-refractivity contribution in [3.8, 4) is 5.75 Å². The van der Waals surface area contributed by atoms with Gasteiger partial charge in [0.05, 0.1) is 5.02 Å². The Hall–Kier alpha value is -1.87. The van der Waals surface area contributed by atoms with Crippen molar-refractivity contribution in [2.75, 3.05) is 36.5 Å². The van der Waals surface area contributed by atoms with Crippen LogP contribution in [0.4, 0.5) is 11.4 Å². The van der Waals surface area contributed by atoms with E-state index in [1.54, 1.807) is 0 Å². The van der Waals surface area contributed by atoms with Crippen molar-refractivity contribution in [1.29, 1.82) is 0 Å². The first-order valence-electron chi connectivity index (χ1n) is 7.70. The fourth-order valence-electron chi connectivity index (χ4n) is 2.30. The maximum absolute atomic E-state index is 6.04. The molecule has 0 fully saturated rings. The molecular formula is C18H23ClN2O. The molecule has 0 aromatic heterocycles. The third-order valence-corrected chi connectivity index (χ3v) is 3.83. The second-order valence-corrected chi connectivity index (χ2v) is 5.33. The number of rotatable bonds is 8. The molecule has 0 heterocycles. The predicted octanol–water partition coefficient (Wildman–Crippen LogP) is 4.68. The van der Waals surface area contributed by atoms with Gasteiger partial charge in [-0.2, -0.15) is 0 Å². The maximum Gasteiger partial charge on any atom is 0.137 e.